The second kappa shape index (κ2) is 13.9. The van der Waals surface area contributed by atoms with Crippen LogP contribution in [0.1, 0.15) is 66.7 Å². The van der Waals surface area contributed by atoms with E-state index < -0.39 is 12.0 Å². The highest BCUT2D eigenvalue weighted by molar-refractivity contribution is 5.56. The van der Waals surface area contributed by atoms with Gasteiger partial charge in [-0.3, -0.25) is 0 Å². The minimum Gasteiger partial charge on any atom is -0.507 e. The fourth-order valence-electron chi connectivity index (χ4n) is 9.36. The lowest BCUT2D eigenvalue weighted by molar-refractivity contribution is 0.141. The minimum atomic E-state index is -0.864. The van der Waals surface area contributed by atoms with Gasteiger partial charge in [-0.05, 0) is 99.2 Å². The Kier molecular flexibility index (Phi) is 9.16. The van der Waals surface area contributed by atoms with Gasteiger partial charge in [0, 0.05) is 47.0 Å². The summed E-state index contributed by atoms with van der Waals surface area (Å²) in [6.45, 7) is 3.17. The predicted molar refractivity (Wildman–Crippen MR) is 200 cm³/mol. The Bertz CT molecular complexity index is 1990. The van der Waals surface area contributed by atoms with E-state index >= 15 is 8.78 Å². The Morgan fingerprint density at radius 3 is 2.59 bits per heavy atom. The zero-order chi connectivity index (χ0) is 35.2. The maximum atomic E-state index is 15.2. The van der Waals surface area contributed by atoms with E-state index in [4.69, 9.17) is 0 Å². The number of allylic oxidation sites excluding steroid dienone is 11. The van der Waals surface area contributed by atoms with Crippen LogP contribution in [0.3, 0.4) is 0 Å². The Balaban J connectivity index is 0.925. The zero-order valence-electron chi connectivity index (χ0n) is 29.3. The number of benzene rings is 2. The van der Waals surface area contributed by atoms with E-state index in [1.807, 2.05) is 38.3 Å². The summed E-state index contributed by atoms with van der Waals surface area (Å²) in [6.07, 6.45) is 29.1. The van der Waals surface area contributed by atoms with E-state index in [-0.39, 0.29) is 47.1 Å². The molecular formula is C45H46F2N2O2. The second-order valence-electron chi connectivity index (χ2n) is 15.0. The van der Waals surface area contributed by atoms with Gasteiger partial charge < -0.3 is 20.0 Å². The van der Waals surface area contributed by atoms with Crippen molar-refractivity contribution in [3.05, 3.63) is 172 Å². The van der Waals surface area contributed by atoms with E-state index in [0.717, 1.165) is 49.1 Å². The van der Waals surface area contributed by atoms with Crippen molar-refractivity contribution < 1.29 is 19.0 Å². The molecular weight excluding hydrogens is 639 g/mol. The van der Waals surface area contributed by atoms with Gasteiger partial charge in [0.05, 0.1) is 11.7 Å². The van der Waals surface area contributed by atoms with Crippen molar-refractivity contribution in [2.75, 3.05) is 13.6 Å². The molecule has 0 spiro atoms. The summed E-state index contributed by atoms with van der Waals surface area (Å²) in [5.41, 5.74) is 7.74. The largest absolute Gasteiger partial charge is 0.507 e. The van der Waals surface area contributed by atoms with Gasteiger partial charge in [-0.25, -0.2) is 8.78 Å². The molecule has 0 saturated heterocycles. The summed E-state index contributed by atoms with van der Waals surface area (Å²) in [5, 5.41) is 23.2. The molecule has 1 heterocycles. The van der Waals surface area contributed by atoms with Gasteiger partial charge >= 0.3 is 0 Å². The van der Waals surface area contributed by atoms with Crippen molar-refractivity contribution in [3.8, 4) is 5.75 Å². The van der Waals surface area contributed by atoms with Crippen LogP contribution in [-0.4, -0.2) is 45.8 Å². The Morgan fingerprint density at radius 2 is 1.75 bits per heavy atom. The van der Waals surface area contributed by atoms with Crippen molar-refractivity contribution in [3.63, 3.8) is 0 Å². The molecule has 6 heteroatoms. The second-order valence-corrected chi connectivity index (χ2v) is 15.0. The average Bonchev–Trinajstić information content (AvgIpc) is 3.64. The third-order valence-electron chi connectivity index (χ3n) is 11.6. The number of phenols is 1. The lowest BCUT2D eigenvalue weighted by Gasteiger charge is -2.37. The summed E-state index contributed by atoms with van der Waals surface area (Å²) < 4.78 is 30.4. The minimum absolute atomic E-state index is 0.0385. The normalized spacial score (nSPS) is 28.9. The van der Waals surface area contributed by atoms with Gasteiger partial charge in [-0.1, -0.05) is 90.6 Å². The van der Waals surface area contributed by atoms with Gasteiger partial charge in [-0.15, -0.1) is 0 Å². The number of hydrogen-bond acceptors (Lipinski definition) is 4. The quantitative estimate of drug-likeness (QED) is 0.259. The van der Waals surface area contributed by atoms with Gasteiger partial charge in [0.15, 0.2) is 0 Å². The van der Waals surface area contributed by atoms with Crippen LogP contribution in [0.25, 0.3) is 0 Å². The Hall–Kier alpha value is -4.52. The number of phenolic OH excluding ortho intramolecular Hbond substituents is 1. The van der Waals surface area contributed by atoms with Crippen LogP contribution in [0.15, 0.2) is 144 Å². The maximum Gasteiger partial charge on any atom is 0.124 e. The highest BCUT2D eigenvalue weighted by Crippen LogP contribution is 2.54. The fourth-order valence-corrected chi connectivity index (χ4v) is 9.36. The van der Waals surface area contributed by atoms with Crippen molar-refractivity contribution in [1.82, 2.24) is 9.80 Å². The lowest BCUT2D eigenvalue weighted by atomic mass is 9.79. The molecule has 2 aromatic rings. The van der Waals surface area contributed by atoms with E-state index in [1.54, 1.807) is 0 Å². The Labute approximate surface area is 300 Å². The van der Waals surface area contributed by atoms with E-state index in [1.165, 1.54) is 35.4 Å². The average molecular weight is 685 g/mol. The van der Waals surface area contributed by atoms with Crippen molar-refractivity contribution in [2.45, 2.75) is 63.1 Å². The molecule has 4 nitrogen and oxygen atoms in total. The third kappa shape index (κ3) is 6.23. The summed E-state index contributed by atoms with van der Waals surface area (Å²) in [4.78, 5) is 4.26. The van der Waals surface area contributed by atoms with Crippen molar-refractivity contribution in [2.24, 2.45) is 17.8 Å². The first-order chi connectivity index (χ1) is 24.8. The van der Waals surface area contributed by atoms with Crippen LogP contribution < -0.4 is 0 Å². The molecule has 5 aliphatic carbocycles. The van der Waals surface area contributed by atoms with Crippen LogP contribution in [0, 0.1) is 23.6 Å². The summed E-state index contributed by atoms with van der Waals surface area (Å²) >= 11 is 0. The van der Waals surface area contributed by atoms with E-state index in [0.29, 0.717) is 23.4 Å². The van der Waals surface area contributed by atoms with Crippen LogP contribution in [-0.2, 0) is 6.54 Å². The summed E-state index contributed by atoms with van der Waals surface area (Å²) in [6, 6.07) is 11.3. The summed E-state index contributed by atoms with van der Waals surface area (Å²) in [5.74, 6) is -0.510. The van der Waals surface area contributed by atoms with Crippen LogP contribution in [0.4, 0.5) is 8.78 Å². The molecule has 6 aliphatic rings. The SMILES string of the molecule is C/C(=C\C1C=C(F)C=C(N2C3=C(CCC=C3)C3C=CC=CC32)C1O)CCCN(C)Cc1cc(F)cc(C2c3ccccc3C3C=CC=CC32)c1O. The summed E-state index contributed by atoms with van der Waals surface area (Å²) in [7, 11) is 1.99. The maximum absolute atomic E-state index is 15.2. The smallest absolute Gasteiger partial charge is 0.124 e. The number of fused-ring (bicyclic) bond motifs is 5. The van der Waals surface area contributed by atoms with Gasteiger partial charge in [0.2, 0.25) is 0 Å². The molecule has 51 heavy (non-hydrogen) atoms. The fraction of sp³-hybridized carbons (Fsp3) is 0.333. The van der Waals surface area contributed by atoms with Crippen LogP contribution >= 0.6 is 0 Å². The molecule has 0 amide bonds. The number of aromatic hydroxyl groups is 1. The monoisotopic (exact) mass is 684 g/mol. The molecule has 7 unspecified atom stereocenters. The van der Waals surface area contributed by atoms with Crippen molar-refractivity contribution >= 4 is 0 Å². The molecule has 262 valence electrons. The van der Waals surface area contributed by atoms with Crippen LogP contribution in [0.2, 0.25) is 0 Å². The molecule has 1 aliphatic heterocycles. The molecule has 0 radical (unpaired) electrons. The molecule has 2 aromatic carbocycles. The molecule has 8 rings (SSSR count). The van der Waals surface area contributed by atoms with E-state index in [9.17, 15) is 10.2 Å². The molecule has 0 saturated carbocycles. The molecule has 0 fully saturated rings. The molecule has 7 atom stereocenters. The number of rotatable bonds is 9. The molecule has 0 aromatic heterocycles. The predicted octanol–water partition coefficient (Wildman–Crippen LogP) is 9.42. The first-order valence-electron chi connectivity index (χ1n) is 18.4. The molecule has 2 N–H and O–H groups in total. The number of aliphatic hydroxyl groups excluding tert-OH is 1. The number of aliphatic hydroxyl groups is 1. The highest BCUT2D eigenvalue weighted by atomic mass is 19.1. The van der Waals surface area contributed by atoms with Crippen LogP contribution in [0.5, 0.6) is 5.75 Å². The van der Waals surface area contributed by atoms with Gasteiger partial charge in [-0.2, -0.15) is 0 Å². The topological polar surface area (TPSA) is 46.9 Å². The Morgan fingerprint density at radius 1 is 0.980 bits per heavy atom. The third-order valence-corrected chi connectivity index (χ3v) is 11.6. The lowest BCUT2D eigenvalue weighted by Crippen LogP contribution is -2.39. The number of hydrogen-bond donors (Lipinski definition) is 2. The zero-order valence-corrected chi connectivity index (χ0v) is 29.3. The number of halogens is 2. The van der Waals surface area contributed by atoms with Gasteiger partial charge in [0.1, 0.15) is 23.5 Å². The number of nitrogens with zero attached hydrogens (tertiary/aromatic N) is 2. The highest BCUT2D eigenvalue weighted by Gasteiger charge is 2.43. The first-order valence-corrected chi connectivity index (χ1v) is 18.4. The first kappa shape index (κ1) is 33.6. The standard InChI is InChI=1S/C45H46F2N2O2/c1-28(22-29-23-32(47)26-42(45(29)51)49-40-19-9-7-15-35(40)36-16-8-10-20-41(36)49)12-11-21-48(2)27-30-24-31(46)25-39(44(30)50)43-37-17-5-3-13-33(37)34-14-4-6-18-38(34)43/h3-7,9-10,13-15,17-20,22-26,29,33,35,37,40,43,45,50-51H,8,11-12,16,21,27H2,1-2H3/b28-22+. The van der Waals surface area contributed by atoms with Gasteiger partial charge in [0.25, 0.3) is 0 Å². The van der Waals surface area contributed by atoms with Crippen molar-refractivity contribution in [1.29, 1.82) is 0 Å². The van der Waals surface area contributed by atoms with E-state index in [2.05, 4.69) is 76.6 Å². The molecule has 0 bridgehead atoms.